The number of amides is 1. The molecule has 1 unspecified atom stereocenters. The number of hydrogen-bond acceptors (Lipinski definition) is 5. The van der Waals surface area contributed by atoms with E-state index < -0.39 is 17.1 Å². The molecule has 3 N–H and O–H groups in total. The molecule has 0 radical (unpaired) electrons. The van der Waals surface area contributed by atoms with Crippen LogP contribution in [0, 0.1) is 17.3 Å². The summed E-state index contributed by atoms with van der Waals surface area (Å²) in [5.74, 6) is 1.36. The number of fused-ring (bicyclic) bond motifs is 1. The number of anilines is 1. The molecular formula is C26H35N3O3. The molecular weight excluding hydrogens is 402 g/mol. The molecule has 1 aromatic heterocycles. The fourth-order valence-corrected chi connectivity index (χ4v) is 5.16. The second-order valence-electron chi connectivity index (χ2n) is 10.7. The predicted octanol–water partition coefficient (Wildman–Crippen LogP) is 3.42. The maximum absolute atomic E-state index is 12.1. The van der Waals surface area contributed by atoms with Crippen molar-refractivity contribution in [1.29, 1.82) is 0 Å². The van der Waals surface area contributed by atoms with Gasteiger partial charge in [-0.15, -0.1) is 0 Å². The average molecular weight is 438 g/mol. The van der Waals surface area contributed by atoms with E-state index in [1.54, 1.807) is 12.3 Å². The molecule has 0 bridgehead atoms. The smallest absolute Gasteiger partial charge is 0.230 e. The molecule has 1 amide bonds. The Morgan fingerprint density at radius 1 is 1.16 bits per heavy atom. The third-order valence-electron chi connectivity index (χ3n) is 6.84. The highest BCUT2D eigenvalue weighted by molar-refractivity contribution is 5.93. The van der Waals surface area contributed by atoms with Gasteiger partial charge in [-0.1, -0.05) is 57.2 Å². The zero-order chi connectivity index (χ0) is 22.9. The van der Waals surface area contributed by atoms with Crippen LogP contribution in [0.1, 0.15) is 50.8 Å². The number of nitrogens with zero attached hydrogens (tertiary/aromatic N) is 2. The standard InChI is InChI=1S/C26H35N3O3/c1-25(2,3)24(31)28-23-10-9-19(14-27-23)22(30)17-29-15-20-12-26(32,13-21(20)16-29)11-18-7-5-4-6-8-18/h4-10,14,20-22,30,32H,11-13,15-17H2,1-3H3,(H,27,28,31)/t20-,21+,22?,26-. The van der Waals surface area contributed by atoms with Gasteiger partial charge in [0.05, 0.1) is 11.7 Å². The summed E-state index contributed by atoms with van der Waals surface area (Å²) in [6.07, 6.45) is 3.37. The molecule has 1 aliphatic carbocycles. The molecule has 1 aromatic carbocycles. The molecule has 2 aliphatic rings. The van der Waals surface area contributed by atoms with Crippen LogP contribution in [0.3, 0.4) is 0 Å². The van der Waals surface area contributed by atoms with Crippen molar-refractivity contribution in [2.75, 3.05) is 25.0 Å². The van der Waals surface area contributed by atoms with Crippen LogP contribution in [-0.4, -0.2) is 51.2 Å². The molecule has 2 fully saturated rings. The summed E-state index contributed by atoms with van der Waals surface area (Å²) >= 11 is 0. The first kappa shape index (κ1) is 22.9. The second kappa shape index (κ2) is 8.93. The highest BCUT2D eigenvalue weighted by atomic mass is 16.3. The Balaban J connectivity index is 1.28. The van der Waals surface area contributed by atoms with E-state index in [4.69, 9.17) is 0 Å². The van der Waals surface area contributed by atoms with Gasteiger partial charge in [-0.3, -0.25) is 9.69 Å². The van der Waals surface area contributed by atoms with Crippen molar-refractivity contribution in [2.45, 2.75) is 51.7 Å². The lowest BCUT2D eigenvalue weighted by atomic mass is 9.91. The van der Waals surface area contributed by atoms with E-state index in [1.807, 2.05) is 45.0 Å². The zero-order valence-corrected chi connectivity index (χ0v) is 19.3. The van der Waals surface area contributed by atoms with Crippen LogP contribution in [0.4, 0.5) is 5.82 Å². The number of carbonyl (C=O) groups is 1. The lowest BCUT2D eigenvalue weighted by Crippen LogP contribution is -2.33. The molecule has 2 heterocycles. The zero-order valence-electron chi connectivity index (χ0n) is 19.3. The minimum atomic E-state index is -0.628. The Morgan fingerprint density at radius 2 is 1.81 bits per heavy atom. The topological polar surface area (TPSA) is 85.7 Å². The number of rotatable bonds is 6. The van der Waals surface area contributed by atoms with Crippen LogP contribution in [0.25, 0.3) is 0 Å². The van der Waals surface area contributed by atoms with E-state index >= 15 is 0 Å². The minimum absolute atomic E-state index is 0.0888. The van der Waals surface area contributed by atoms with E-state index in [1.165, 1.54) is 5.56 Å². The number of benzene rings is 1. The number of hydrogen-bond donors (Lipinski definition) is 3. The Hall–Kier alpha value is -2.28. The largest absolute Gasteiger partial charge is 0.390 e. The van der Waals surface area contributed by atoms with Crippen molar-refractivity contribution < 1.29 is 15.0 Å². The van der Waals surface area contributed by atoms with Gasteiger partial charge in [0.25, 0.3) is 0 Å². The molecule has 4 rings (SSSR count). The van der Waals surface area contributed by atoms with Crippen molar-refractivity contribution >= 4 is 11.7 Å². The summed E-state index contributed by atoms with van der Waals surface area (Å²) in [7, 11) is 0. The van der Waals surface area contributed by atoms with Crippen molar-refractivity contribution in [2.24, 2.45) is 17.3 Å². The highest BCUT2D eigenvalue weighted by Crippen LogP contribution is 2.45. The van der Waals surface area contributed by atoms with Crippen molar-refractivity contribution in [3.05, 3.63) is 59.8 Å². The number of carbonyl (C=O) groups excluding carboxylic acids is 1. The van der Waals surface area contributed by atoms with E-state index in [0.717, 1.165) is 31.5 Å². The maximum atomic E-state index is 12.1. The first-order chi connectivity index (χ1) is 15.1. The fourth-order valence-electron chi connectivity index (χ4n) is 5.16. The van der Waals surface area contributed by atoms with Crippen molar-refractivity contribution in [3.63, 3.8) is 0 Å². The Labute approximate surface area is 190 Å². The van der Waals surface area contributed by atoms with Crippen LogP contribution in [0.5, 0.6) is 0 Å². The third kappa shape index (κ3) is 5.37. The summed E-state index contributed by atoms with van der Waals surface area (Å²) < 4.78 is 0. The monoisotopic (exact) mass is 437 g/mol. The molecule has 6 nitrogen and oxygen atoms in total. The SMILES string of the molecule is CC(C)(C)C(=O)Nc1ccc(C(O)CN2C[C@@H]3C[C@@](O)(Cc4ccccc4)C[C@@H]3C2)cn1. The molecule has 1 saturated carbocycles. The molecule has 1 aliphatic heterocycles. The van der Waals surface area contributed by atoms with Crippen molar-refractivity contribution in [1.82, 2.24) is 9.88 Å². The van der Waals surface area contributed by atoms with Crippen LogP contribution >= 0.6 is 0 Å². The number of aliphatic hydroxyl groups is 2. The Kier molecular flexibility index (Phi) is 6.39. The fraction of sp³-hybridized carbons (Fsp3) is 0.538. The van der Waals surface area contributed by atoms with Gasteiger partial charge in [-0.25, -0.2) is 4.98 Å². The van der Waals surface area contributed by atoms with Crippen molar-refractivity contribution in [3.8, 4) is 0 Å². The molecule has 172 valence electrons. The normalized spacial score (nSPS) is 26.7. The second-order valence-corrected chi connectivity index (χ2v) is 10.7. The molecule has 32 heavy (non-hydrogen) atoms. The Morgan fingerprint density at radius 3 is 2.38 bits per heavy atom. The summed E-state index contributed by atoms with van der Waals surface area (Å²) in [6, 6.07) is 13.8. The van der Waals surface area contributed by atoms with Gasteiger partial charge in [-0.2, -0.15) is 0 Å². The number of nitrogens with one attached hydrogen (secondary N) is 1. The number of likely N-dealkylation sites (tertiary alicyclic amines) is 1. The highest BCUT2D eigenvalue weighted by Gasteiger charge is 2.48. The van der Waals surface area contributed by atoms with E-state index in [2.05, 4.69) is 27.3 Å². The summed E-state index contributed by atoms with van der Waals surface area (Å²) in [5, 5.41) is 24.7. The van der Waals surface area contributed by atoms with Gasteiger partial charge in [0.2, 0.25) is 5.91 Å². The van der Waals surface area contributed by atoms with Crippen LogP contribution in [-0.2, 0) is 11.2 Å². The minimum Gasteiger partial charge on any atom is -0.390 e. The average Bonchev–Trinajstić information content (AvgIpc) is 3.22. The molecule has 2 aromatic rings. The summed E-state index contributed by atoms with van der Waals surface area (Å²) in [6.45, 7) is 7.94. The first-order valence-corrected chi connectivity index (χ1v) is 11.6. The quantitative estimate of drug-likeness (QED) is 0.645. The molecule has 4 atom stereocenters. The lowest BCUT2D eigenvalue weighted by molar-refractivity contribution is -0.123. The van der Waals surface area contributed by atoms with Crippen LogP contribution in [0.15, 0.2) is 48.7 Å². The maximum Gasteiger partial charge on any atom is 0.230 e. The number of aromatic nitrogens is 1. The van der Waals surface area contributed by atoms with E-state index in [9.17, 15) is 15.0 Å². The number of pyridine rings is 1. The third-order valence-corrected chi connectivity index (χ3v) is 6.84. The number of β-amino-alcohol motifs (C(OH)–C–C–N with tert-alkyl or cyclic N) is 1. The number of aliphatic hydroxyl groups excluding tert-OH is 1. The van der Waals surface area contributed by atoms with Gasteiger partial charge >= 0.3 is 0 Å². The van der Waals surface area contributed by atoms with Gasteiger partial charge in [0.1, 0.15) is 5.82 Å². The summed E-state index contributed by atoms with van der Waals surface area (Å²) in [4.78, 5) is 18.7. The van der Waals surface area contributed by atoms with Gasteiger partial charge < -0.3 is 15.5 Å². The first-order valence-electron chi connectivity index (χ1n) is 11.6. The predicted molar refractivity (Wildman–Crippen MR) is 125 cm³/mol. The van der Waals surface area contributed by atoms with Gasteiger partial charge in [0, 0.05) is 43.2 Å². The molecule has 6 heteroatoms. The summed E-state index contributed by atoms with van der Waals surface area (Å²) in [5.41, 5.74) is 0.841. The van der Waals surface area contributed by atoms with Gasteiger partial charge in [-0.05, 0) is 36.3 Å². The van der Waals surface area contributed by atoms with E-state index in [-0.39, 0.29) is 5.91 Å². The van der Waals surface area contributed by atoms with E-state index in [0.29, 0.717) is 30.6 Å². The van der Waals surface area contributed by atoms with Gasteiger partial charge in [0.15, 0.2) is 0 Å². The lowest BCUT2D eigenvalue weighted by Gasteiger charge is -2.27. The Bertz CT molecular complexity index is 910. The van der Waals surface area contributed by atoms with Crippen LogP contribution in [0.2, 0.25) is 0 Å². The molecule has 0 spiro atoms. The molecule has 1 saturated heterocycles. The van der Waals surface area contributed by atoms with Crippen LogP contribution < -0.4 is 5.32 Å².